The predicted molar refractivity (Wildman–Crippen MR) is 75.7 cm³/mol. The highest BCUT2D eigenvalue weighted by Gasteiger charge is 2.28. The molecule has 0 aromatic rings. The molecule has 1 fully saturated rings. The van der Waals surface area contributed by atoms with Crippen LogP contribution in [0.4, 0.5) is 0 Å². The average molecular weight is 257 g/mol. The van der Waals surface area contributed by atoms with Gasteiger partial charge in [-0.1, -0.05) is 33.1 Å². The molecule has 2 N–H and O–H groups in total. The summed E-state index contributed by atoms with van der Waals surface area (Å²) in [6.45, 7) is 6.69. The molecule has 1 aliphatic carbocycles. The second-order valence-electron chi connectivity index (χ2n) is 5.51. The van der Waals surface area contributed by atoms with E-state index in [1.807, 2.05) is 0 Å². The van der Waals surface area contributed by atoms with Crippen molar-refractivity contribution in [3.63, 3.8) is 0 Å². The molecule has 0 aliphatic heterocycles. The first-order chi connectivity index (χ1) is 8.77. The van der Waals surface area contributed by atoms with Crippen molar-refractivity contribution in [2.24, 2.45) is 11.7 Å². The molecular weight excluding hydrogens is 226 g/mol. The van der Waals surface area contributed by atoms with Crippen molar-refractivity contribution in [3.8, 4) is 0 Å². The van der Waals surface area contributed by atoms with Gasteiger partial charge in [0, 0.05) is 12.6 Å². The van der Waals surface area contributed by atoms with Gasteiger partial charge in [0.25, 0.3) is 0 Å². The van der Waals surface area contributed by atoms with Gasteiger partial charge in [-0.15, -0.1) is 0 Å². The molecule has 3 heteroatoms. The fourth-order valence-electron chi connectivity index (χ4n) is 2.70. The van der Waals surface area contributed by atoms with Crippen molar-refractivity contribution in [2.75, 3.05) is 19.8 Å². The van der Waals surface area contributed by atoms with Gasteiger partial charge in [0.15, 0.2) is 0 Å². The molecule has 0 aromatic heterocycles. The zero-order valence-corrected chi connectivity index (χ0v) is 12.2. The number of nitrogens with two attached hydrogens (primary N) is 1. The molecule has 1 aliphatic rings. The van der Waals surface area contributed by atoms with Crippen LogP contribution in [0.5, 0.6) is 0 Å². The van der Waals surface area contributed by atoms with Crippen LogP contribution >= 0.6 is 0 Å². The van der Waals surface area contributed by atoms with Gasteiger partial charge < -0.3 is 15.2 Å². The number of hydrogen-bond acceptors (Lipinski definition) is 3. The molecular formula is C15H31NO2. The summed E-state index contributed by atoms with van der Waals surface area (Å²) >= 11 is 0. The Morgan fingerprint density at radius 3 is 2.61 bits per heavy atom. The molecule has 0 radical (unpaired) electrons. The van der Waals surface area contributed by atoms with Crippen LogP contribution in [0.15, 0.2) is 0 Å². The van der Waals surface area contributed by atoms with Crippen molar-refractivity contribution in [2.45, 2.75) is 70.9 Å². The summed E-state index contributed by atoms with van der Waals surface area (Å²) in [5.41, 5.74) is 6.13. The molecule has 0 spiro atoms. The molecule has 18 heavy (non-hydrogen) atoms. The molecule has 0 bridgehead atoms. The second-order valence-corrected chi connectivity index (χ2v) is 5.51. The van der Waals surface area contributed by atoms with Gasteiger partial charge in [0.1, 0.15) is 0 Å². The van der Waals surface area contributed by atoms with Crippen LogP contribution < -0.4 is 5.73 Å². The summed E-state index contributed by atoms with van der Waals surface area (Å²) in [6.07, 6.45) is 8.71. The van der Waals surface area contributed by atoms with E-state index >= 15 is 0 Å². The van der Waals surface area contributed by atoms with E-state index in [1.165, 1.54) is 25.7 Å². The Morgan fingerprint density at radius 2 is 1.89 bits per heavy atom. The van der Waals surface area contributed by atoms with Crippen LogP contribution in [0.3, 0.4) is 0 Å². The van der Waals surface area contributed by atoms with Crippen LogP contribution in [0.25, 0.3) is 0 Å². The predicted octanol–water partition coefficient (Wildman–Crippen LogP) is 3.12. The van der Waals surface area contributed by atoms with Gasteiger partial charge >= 0.3 is 0 Å². The van der Waals surface area contributed by atoms with Crippen molar-refractivity contribution in [1.29, 1.82) is 0 Å². The summed E-state index contributed by atoms with van der Waals surface area (Å²) in [5, 5.41) is 0. The van der Waals surface area contributed by atoms with Crippen molar-refractivity contribution < 1.29 is 9.47 Å². The van der Waals surface area contributed by atoms with Gasteiger partial charge in [-0.25, -0.2) is 0 Å². The zero-order chi connectivity index (χ0) is 13.2. The Bertz CT molecular complexity index is 199. The number of ether oxygens (including phenoxy) is 2. The lowest BCUT2D eigenvalue weighted by atomic mass is 9.82. The molecule has 3 atom stereocenters. The molecule has 3 nitrogen and oxygen atoms in total. The third-order valence-electron chi connectivity index (χ3n) is 3.85. The minimum absolute atomic E-state index is 0.230. The van der Waals surface area contributed by atoms with E-state index in [9.17, 15) is 0 Å². The minimum Gasteiger partial charge on any atom is -0.379 e. The highest BCUT2D eigenvalue weighted by molar-refractivity contribution is 4.83. The quantitative estimate of drug-likeness (QED) is 0.645. The summed E-state index contributed by atoms with van der Waals surface area (Å²) in [4.78, 5) is 0. The first-order valence-electron chi connectivity index (χ1n) is 7.72. The van der Waals surface area contributed by atoms with Crippen LogP contribution in [0, 0.1) is 5.92 Å². The molecule has 0 aromatic carbocycles. The van der Waals surface area contributed by atoms with Crippen LogP contribution in [0.2, 0.25) is 0 Å². The topological polar surface area (TPSA) is 44.5 Å². The van der Waals surface area contributed by atoms with Gasteiger partial charge in [-0.3, -0.25) is 0 Å². The largest absolute Gasteiger partial charge is 0.379 e. The molecule has 0 amide bonds. The van der Waals surface area contributed by atoms with E-state index in [-0.39, 0.29) is 12.1 Å². The molecule has 3 unspecified atom stereocenters. The van der Waals surface area contributed by atoms with Crippen molar-refractivity contribution >= 4 is 0 Å². The normalized spacial score (nSPS) is 28.5. The molecule has 0 heterocycles. The maximum absolute atomic E-state index is 6.13. The van der Waals surface area contributed by atoms with E-state index in [0.717, 1.165) is 31.8 Å². The lowest BCUT2D eigenvalue weighted by molar-refractivity contribution is -0.0301. The SMILES string of the molecule is CCCCOCCOC1CC(CCC)CCC1N. The maximum Gasteiger partial charge on any atom is 0.0729 e. The summed E-state index contributed by atoms with van der Waals surface area (Å²) in [7, 11) is 0. The summed E-state index contributed by atoms with van der Waals surface area (Å²) in [5.74, 6) is 0.820. The van der Waals surface area contributed by atoms with E-state index in [2.05, 4.69) is 13.8 Å². The van der Waals surface area contributed by atoms with Crippen LogP contribution in [-0.4, -0.2) is 32.0 Å². The van der Waals surface area contributed by atoms with Crippen molar-refractivity contribution in [1.82, 2.24) is 0 Å². The van der Waals surface area contributed by atoms with E-state index < -0.39 is 0 Å². The maximum atomic E-state index is 6.13. The van der Waals surface area contributed by atoms with Gasteiger partial charge in [-0.05, 0) is 31.6 Å². The molecule has 0 saturated heterocycles. The lowest BCUT2D eigenvalue weighted by Gasteiger charge is -2.34. The lowest BCUT2D eigenvalue weighted by Crippen LogP contribution is -2.42. The third-order valence-corrected chi connectivity index (χ3v) is 3.85. The second kappa shape index (κ2) is 9.76. The molecule has 108 valence electrons. The fourth-order valence-corrected chi connectivity index (χ4v) is 2.70. The Hall–Kier alpha value is -0.120. The minimum atomic E-state index is 0.230. The van der Waals surface area contributed by atoms with Gasteiger partial charge in [-0.2, -0.15) is 0 Å². The average Bonchev–Trinajstić information content (AvgIpc) is 2.37. The highest BCUT2D eigenvalue weighted by Crippen LogP contribution is 2.28. The third kappa shape index (κ3) is 6.17. The summed E-state index contributed by atoms with van der Waals surface area (Å²) in [6, 6.07) is 0.230. The fraction of sp³-hybridized carbons (Fsp3) is 1.00. The number of unbranched alkanes of at least 4 members (excludes halogenated alkanes) is 1. The van der Waals surface area contributed by atoms with Crippen molar-refractivity contribution in [3.05, 3.63) is 0 Å². The number of hydrogen-bond donors (Lipinski definition) is 1. The highest BCUT2D eigenvalue weighted by atomic mass is 16.5. The zero-order valence-electron chi connectivity index (χ0n) is 12.2. The van der Waals surface area contributed by atoms with E-state index in [1.54, 1.807) is 0 Å². The Kier molecular flexibility index (Phi) is 8.64. The van der Waals surface area contributed by atoms with Gasteiger partial charge in [0.2, 0.25) is 0 Å². The monoisotopic (exact) mass is 257 g/mol. The summed E-state index contributed by atoms with van der Waals surface area (Å²) < 4.78 is 11.4. The Morgan fingerprint density at radius 1 is 1.06 bits per heavy atom. The van der Waals surface area contributed by atoms with Crippen LogP contribution in [0.1, 0.15) is 58.8 Å². The molecule has 1 saturated carbocycles. The van der Waals surface area contributed by atoms with E-state index in [0.29, 0.717) is 13.2 Å². The first kappa shape index (κ1) is 15.9. The number of rotatable bonds is 9. The standard InChI is InChI=1S/C15H31NO2/c1-3-5-9-17-10-11-18-15-12-13(6-4-2)7-8-14(15)16/h13-15H,3-12,16H2,1-2H3. The Balaban J connectivity index is 2.10. The molecule has 1 rings (SSSR count). The first-order valence-corrected chi connectivity index (χ1v) is 7.72. The Labute approximate surface area is 112 Å². The smallest absolute Gasteiger partial charge is 0.0729 e. The van der Waals surface area contributed by atoms with Gasteiger partial charge in [0.05, 0.1) is 19.3 Å². The van der Waals surface area contributed by atoms with E-state index in [4.69, 9.17) is 15.2 Å². The van der Waals surface area contributed by atoms with Crippen LogP contribution in [-0.2, 0) is 9.47 Å².